The number of benzene rings is 2. The van der Waals surface area contributed by atoms with Crippen LogP contribution in [-0.2, 0) is 0 Å². The van der Waals surface area contributed by atoms with Crippen LogP contribution in [0.15, 0.2) is 64.1 Å². The third-order valence-corrected chi connectivity index (χ3v) is 3.72. The van der Waals surface area contributed by atoms with Crippen LogP contribution in [0.1, 0.15) is 32.0 Å². The van der Waals surface area contributed by atoms with Gasteiger partial charge in [-0.2, -0.15) is 10.4 Å². The van der Waals surface area contributed by atoms with E-state index in [1.165, 1.54) is 30.5 Å². The van der Waals surface area contributed by atoms with E-state index in [1.807, 2.05) is 0 Å². The number of rotatable bonds is 5. The van der Waals surface area contributed by atoms with E-state index in [-0.39, 0.29) is 16.7 Å². The highest BCUT2D eigenvalue weighted by Crippen LogP contribution is 2.22. The molecule has 0 saturated heterocycles. The van der Waals surface area contributed by atoms with Gasteiger partial charge in [-0.25, -0.2) is 14.6 Å². The molecule has 0 spiro atoms. The molecule has 2 N–H and O–H groups in total. The lowest BCUT2D eigenvalue weighted by atomic mass is 10.1. The van der Waals surface area contributed by atoms with E-state index < -0.39 is 17.7 Å². The summed E-state index contributed by atoms with van der Waals surface area (Å²) in [7, 11) is 0. The first kappa shape index (κ1) is 18.5. The van der Waals surface area contributed by atoms with E-state index in [2.05, 4.69) is 10.5 Å². The highest BCUT2D eigenvalue weighted by Gasteiger charge is 2.12. The number of nitrogens with one attached hydrogen (secondary N) is 1. The monoisotopic (exact) mass is 377 g/mol. The zero-order valence-corrected chi connectivity index (χ0v) is 14.2. The van der Waals surface area contributed by atoms with Crippen molar-refractivity contribution in [2.24, 2.45) is 5.10 Å². The number of carbonyl (C=O) groups is 2. The fraction of sp³-hybridized carbons (Fsp3) is 0. The number of carbonyl (C=O) groups excluding carboxylic acids is 1. The molecule has 0 aliphatic carbocycles. The predicted molar refractivity (Wildman–Crippen MR) is 97.3 cm³/mol. The molecule has 1 heterocycles. The van der Waals surface area contributed by atoms with Gasteiger partial charge in [0.25, 0.3) is 5.91 Å². The summed E-state index contributed by atoms with van der Waals surface area (Å²) in [5, 5.41) is 21.5. The molecule has 3 aromatic rings. The molecule has 3 rings (SSSR count). The van der Waals surface area contributed by atoms with Crippen LogP contribution in [0, 0.1) is 17.1 Å². The Labute approximate surface area is 158 Å². The Hall–Kier alpha value is -4.25. The molecule has 138 valence electrons. The standard InChI is InChI=1S/C20H12FN3O4/c21-17-8-12(10-22)4-6-16(17)19(25)24-23-11-15-5-7-18(28-15)13-2-1-3-14(9-13)20(26)27/h1-9,11H,(H,24,25)(H,26,27)/b23-11+. The maximum Gasteiger partial charge on any atom is 0.335 e. The molecule has 28 heavy (non-hydrogen) atoms. The molecular weight excluding hydrogens is 365 g/mol. The summed E-state index contributed by atoms with van der Waals surface area (Å²) in [6.07, 6.45) is 1.23. The van der Waals surface area contributed by atoms with Gasteiger partial charge >= 0.3 is 5.97 Å². The molecule has 1 amide bonds. The second-order valence-corrected chi connectivity index (χ2v) is 5.59. The maximum atomic E-state index is 13.8. The fourth-order valence-electron chi connectivity index (χ4n) is 2.37. The van der Waals surface area contributed by atoms with Gasteiger partial charge in [-0.1, -0.05) is 12.1 Å². The van der Waals surface area contributed by atoms with Gasteiger partial charge in [0, 0.05) is 5.56 Å². The Kier molecular flexibility index (Phi) is 5.28. The van der Waals surface area contributed by atoms with E-state index in [0.29, 0.717) is 17.1 Å². The first-order valence-corrected chi connectivity index (χ1v) is 7.94. The molecule has 2 aromatic carbocycles. The Morgan fingerprint density at radius 2 is 2.00 bits per heavy atom. The van der Waals surface area contributed by atoms with Crippen molar-refractivity contribution < 1.29 is 23.5 Å². The van der Waals surface area contributed by atoms with Crippen molar-refractivity contribution in [1.82, 2.24) is 5.43 Å². The summed E-state index contributed by atoms with van der Waals surface area (Å²) in [5.74, 6) is -1.93. The van der Waals surface area contributed by atoms with Crippen LogP contribution in [0.2, 0.25) is 0 Å². The number of hydrogen-bond donors (Lipinski definition) is 2. The van der Waals surface area contributed by atoms with Crippen LogP contribution in [0.3, 0.4) is 0 Å². The number of carboxylic acids is 1. The average molecular weight is 377 g/mol. The van der Waals surface area contributed by atoms with Crippen molar-refractivity contribution in [2.45, 2.75) is 0 Å². The minimum absolute atomic E-state index is 0.104. The highest BCUT2D eigenvalue weighted by molar-refractivity contribution is 5.95. The van der Waals surface area contributed by atoms with E-state index in [1.54, 1.807) is 30.3 Å². The Morgan fingerprint density at radius 1 is 1.18 bits per heavy atom. The van der Waals surface area contributed by atoms with Crippen molar-refractivity contribution in [1.29, 1.82) is 5.26 Å². The number of hydrogen-bond acceptors (Lipinski definition) is 5. The van der Waals surface area contributed by atoms with Crippen LogP contribution in [0.25, 0.3) is 11.3 Å². The number of hydrazone groups is 1. The summed E-state index contributed by atoms with van der Waals surface area (Å²) < 4.78 is 19.3. The molecule has 8 heteroatoms. The van der Waals surface area contributed by atoms with Gasteiger partial charge < -0.3 is 9.52 Å². The molecule has 0 unspecified atom stereocenters. The summed E-state index contributed by atoms with van der Waals surface area (Å²) in [4.78, 5) is 23.0. The Bertz CT molecular complexity index is 1130. The van der Waals surface area contributed by atoms with Crippen molar-refractivity contribution >= 4 is 18.1 Å². The first-order valence-electron chi connectivity index (χ1n) is 7.94. The maximum absolute atomic E-state index is 13.8. The molecule has 0 radical (unpaired) electrons. The molecule has 0 aliphatic rings. The normalized spacial score (nSPS) is 10.6. The lowest BCUT2D eigenvalue weighted by Crippen LogP contribution is -2.19. The Morgan fingerprint density at radius 3 is 2.71 bits per heavy atom. The van der Waals surface area contributed by atoms with Gasteiger partial charge in [0.2, 0.25) is 0 Å². The molecular formula is C20H12FN3O4. The predicted octanol–water partition coefficient (Wildman–Crippen LogP) is 3.42. The van der Waals surface area contributed by atoms with Crippen molar-refractivity contribution in [3.63, 3.8) is 0 Å². The topological polar surface area (TPSA) is 116 Å². The van der Waals surface area contributed by atoms with Crippen molar-refractivity contribution in [3.8, 4) is 17.4 Å². The lowest BCUT2D eigenvalue weighted by Gasteiger charge is -2.01. The van der Waals surface area contributed by atoms with Gasteiger partial charge in [0.15, 0.2) is 0 Å². The smallest absolute Gasteiger partial charge is 0.335 e. The Balaban J connectivity index is 1.69. The number of carboxylic acid groups (broad SMARTS) is 1. The minimum atomic E-state index is -1.05. The van der Waals surface area contributed by atoms with E-state index in [9.17, 15) is 14.0 Å². The number of nitrogens with zero attached hydrogens (tertiary/aromatic N) is 2. The van der Waals surface area contributed by atoms with E-state index >= 15 is 0 Å². The third kappa shape index (κ3) is 4.11. The zero-order chi connectivity index (χ0) is 20.1. The number of furan rings is 1. The van der Waals surface area contributed by atoms with Gasteiger partial charge in [-0.3, -0.25) is 4.79 Å². The van der Waals surface area contributed by atoms with E-state index in [4.69, 9.17) is 14.8 Å². The zero-order valence-electron chi connectivity index (χ0n) is 14.2. The van der Waals surface area contributed by atoms with Gasteiger partial charge in [0.05, 0.1) is 29.0 Å². The van der Waals surface area contributed by atoms with Crippen molar-refractivity contribution in [3.05, 3.63) is 82.9 Å². The summed E-state index contributed by atoms with van der Waals surface area (Å²) in [5.41, 5.74) is 2.72. The van der Waals surface area contributed by atoms with Crippen LogP contribution < -0.4 is 5.43 Å². The highest BCUT2D eigenvalue weighted by atomic mass is 19.1. The second kappa shape index (κ2) is 7.97. The molecule has 7 nitrogen and oxygen atoms in total. The van der Waals surface area contributed by atoms with Crippen LogP contribution in [0.4, 0.5) is 4.39 Å². The summed E-state index contributed by atoms with van der Waals surface area (Å²) in [6, 6.07) is 14.7. The molecule has 1 aromatic heterocycles. The quantitative estimate of drug-likeness (QED) is 0.522. The third-order valence-electron chi connectivity index (χ3n) is 3.72. The average Bonchev–Trinajstić information content (AvgIpc) is 3.16. The van der Waals surface area contributed by atoms with Gasteiger partial charge in [0.1, 0.15) is 17.3 Å². The SMILES string of the molecule is N#Cc1ccc(C(=O)N/N=C/c2ccc(-c3cccc(C(=O)O)c3)o2)c(F)c1. The fourth-order valence-corrected chi connectivity index (χ4v) is 2.37. The van der Waals surface area contributed by atoms with Crippen molar-refractivity contribution in [2.75, 3.05) is 0 Å². The number of halogens is 1. The first-order chi connectivity index (χ1) is 13.5. The van der Waals surface area contributed by atoms with E-state index in [0.717, 1.165) is 6.07 Å². The molecule has 0 atom stereocenters. The lowest BCUT2D eigenvalue weighted by molar-refractivity contribution is 0.0696. The number of aromatic carboxylic acids is 1. The number of nitriles is 1. The largest absolute Gasteiger partial charge is 0.478 e. The molecule has 0 aliphatic heterocycles. The van der Waals surface area contributed by atoms with Crippen LogP contribution in [0.5, 0.6) is 0 Å². The summed E-state index contributed by atoms with van der Waals surface area (Å²) >= 11 is 0. The second-order valence-electron chi connectivity index (χ2n) is 5.59. The number of amides is 1. The molecule has 0 bridgehead atoms. The van der Waals surface area contributed by atoms with Crippen LogP contribution in [-0.4, -0.2) is 23.2 Å². The van der Waals surface area contributed by atoms with Crippen LogP contribution >= 0.6 is 0 Å². The molecule has 0 fully saturated rings. The minimum Gasteiger partial charge on any atom is -0.478 e. The molecule has 0 saturated carbocycles. The van der Waals surface area contributed by atoms with Gasteiger partial charge in [-0.05, 0) is 42.5 Å². The summed E-state index contributed by atoms with van der Waals surface area (Å²) in [6.45, 7) is 0. The van der Waals surface area contributed by atoms with Gasteiger partial charge in [-0.15, -0.1) is 0 Å².